The summed E-state index contributed by atoms with van der Waals surface area (Å²) in [6.07, 6.45) is 1.65. The van der Waals surface area contributed by atoms with E-state index in [0.717, 1.165) is 5.69 Å². The Bertz CT molecular complexity index is 832. The van der Waals surface area contributed by atoms with Crippen LogP contribution in [0.15, 0.2) is 47.5 Å². The fourth-order valence-electron chi connectivity index (χ4n) is 2.50. The van der Waals surface area contributed by atoms with Crippen molar-refractivity contribution in [2.24, 2.45) is 0 Å². The van der Waals surface area contributed by atoms with E-state index in [-0.39, 0.29) is 17.3 Å². The molecule has 1 amide bonds. The summed E-state index contributed by atoms with van der Waals surface area (Å²) in [5.74, 6) is -0.332. The van der Waals surface area contributed by atoms with Crippen molar-refractivity contribution in [3.8, 4) is 0 Å². The van der Waals surface area contributed by atoms with Gasteiger partial charge < -0.3 is 5.32 Å². The molecular formula is C18H23N3O3S. The second kappa shape index (κ2) is 8.22. The minimum absolute atomic E-state index is 0.168. The Hall–Kier alpha value is -2.25. The summed E-state index contributed by atoms with van der Waals surface area (Å²) in [4.78, 5) is 16.7. The van der Waals surface area contributed by atoms with Gasteiger partial charge in [0.15, 0.2) is 0 Å². The molecule has 1 aromatic carbocycles. The van der Waals surface area contributed by atoms with Crippen LogP contribution >= 0.6 is 0 Å². The van der Waals surface area contributed by atoms with Crippen LogP contribution < -0.4 is 5.32 Å². The van der Waals surface area contributed by atoms with E-state index in [1.807, 2.05) is 12.1 Å². The molecule has 6 nitrogen and oxygen atoms in total. The van der Waals surface area contributed by atoms with E-state index in [4.69, 9.17) is 0 Å². The molecule has 0 aliphatic heterocycles. The number of nitrogens with zero attached hydrogens (tertiary/aromatic N) is 2. The van der Waals surface area contributed by atoms with E-state index in [0.29, 0.717) is 24.2 Å². The van der Waals surface area contributed by atoms with E-state index in [1.165, 1.54) is 10.4 Å². The van der Waals surface area contributed by atoms with Crippen LogP contribution in [0.2, 0.25) is 0 Å². The average Bonchev–Trinajstić information content (AvgIpc) is 2.61. The third-order valence-electron chi connectivity index (χ3n) is 3.93. The predicted octanol–water partition coefficient (Wildman–Crippen LogP) is 2.35. The van der Waals surface area contributed by atoms with Crippen LogP contribution in [0.4, 0.5) is 0 Å². The summed E-state index contributed by atoms with van der Waals surface area (Å²) in [6.45, 7) is 6.36. The Morgan fingerprint density at radius 2 is 1.88 bits per heavy atom. The Kier molecular flexibility index (Phi) is 6.27. The van der Waals surface area contributed by atoms with Crippen molar-refractivity contribution >= 4 is 15.9 Å². The zero-order valence-electron chi connectivity index (χ0n) is 14.7. The lowest BCUT2D eigenvalue weighted by Crippen LogP contribution is -2.31. The number of rotatable bonds is 7. The molecule has 0 saturated heterocycles. The molecule has 1 N–H and O–H groups in total. The SMILES string of the molecule is CCN(CC)S(=O)(=O)c1cc(C(=O)NCc2ccccn2)ccc1C. The van der Waals surface area contributed by atoms with Gasteiger partial charge in [-0.1, -0.05) is 26.0 Å². The topological polar surface area (TPSA) is 79.4 Å². The number of hydrogen-bond donors (Lipinski definition) is 1. The monoisotopic (exact) mass is 361 g/mol. The van der Waals surface area contributed by atoms with Crippen LogP contribution in [0.25, 0.3) is 0 Å². The Morgan fingerprint density at radius 3 is 2.48 bits per heavy atom. The number of benzene rings is 1. The summed E-state index contributed by atoms with van der Waals surface area (Å²) in [7, 11) is -3.61. The standard InChI is InChI=1S/C18H23N3O3S/c1-4-21(5-2)25(23,24)17-12-15(10-9-14(17)3)18(22)20-13-16-8-6-7-11-19-16/h6-12H,4-5,13H2,1-3H3,(H,20,22). The van der Waals surface area contributed by atoms with Gasteiger partial charge in [-0.15, -0.1) is 0 Å². The number of pyridine rings is 1. The van der Waals surface area contributed by atoms with Gasteiger partial charge in [-0.2, -0.15) is 4.31 Å². The largest absolute Gasteiger partial charge is 0.346 e. The van der Waals surface area contributed by atoms with Crippen molar-refractivity contribution in [3.63, 3.8) is 0 Å². The molecule has 134 valence electrons. The van der Waals surface area contributed by atoms with E-state index < -0.39 is 10.0 Å². The van der Waals surface area contributed by atoms with Crippen molar-refractivity contribution in [1.82, 2.24) is 14.6 Å². The predicted molar refractivity (Wildman–Crippen MR) is 96.7 cm³/mol. The maximum absolute atomic E-state index is 12.8. The number of aromatic nitrogens is 1. The summed E-state index contributed by atoms with van der Waals surface area (Å²) in [5, 5.41) is 2.76. The lowest BCUT2D eigenvalue weighted by atomic mass is 10.1. The van der Waals surface area contributed by atoms with Crippen LogP contribution in [-0.4, -0.2) is 36.7 Å². The molecule has 0 saturated carbocycles. The van der Waals surface area contributed by atoms with Gasteiger partial charge in [0, 0.05) is 24.8 Å². The van der Waals surface area contributed by atoms with Crippen molar-refractivity contribution in [3.05, 3.63) is 59.4 Å². The summed E-state index contributed by atoms with van der Waals surface area (Å²) in [6, 6.07) is 10.2. The van der Waals surface area contributed by atoms with Crippen molar-refractivity contribution in [1.29, 1.82) is 0 Å². The molecule has 25 heavy (non-hydrogen) atoms. The van der Waals surface area contributed by atoms with Gasteiger partial charge in [-0.25, -0.2) is 8.42 Å². The number of carbonyl (C=O) groups is 1. The lowest BCUT2D eigenvalue weighted by Gasteiger charge is -2.20. The fraction of sp³-hybridized carbons (Fsp3) is 0.333. The van der Waals surface area contributed by atoms with Gasteiger partial charge in [0.1, 0.15) is 0 Å². The summed E-state index contributed by atoms with van der Waals surface area (Å²) < 4.78 is 26.9. The van der Waals surface area contributed by atoms with Crippen LogP contribution in [0.5, 0.6) is 0 Å². The number of sulfonamides is 1. The minimum atomic E-state index is -3.61. The molecule has 0 spiro atoms. The average molecular weight is 361 g/mol. The van der Waals surface area contributed by atoms with Crippen molar-refractivity contribution in [2.75, 3.05) is 13.1 Å². The number of amides is 1. The number of aryl methyl sites for hydroxylation is 1. The summed E-state index contributed by atoms with van der Waals surface area (Å²) >= 11 is 0. The molecule has 1 heterocycles. The zero-order valence-corrected chi connectivity index (χ0v) is 15.5. The first-order valence-corrected chi connectivity index (χ1v) is 9.63. The quantitative estimate of drug-likeness (QED) is 0.821. The van der Waals surface area contributed by atoms with E-state index in [1.54, 1.807) is 45.2 Å². The second-order valence-electron chi connectivity index (χ2n) is 5.57. The van der Waals surface area contributed by atoms with E-state index >= 15 is 0 Å². The van der Waals surface area contributed by atoms with Crippen molar-refractivity contribution < 1.29 is 13.2 Å². The molecule has 2 aromatic rings. The van der Waals surface area contributed by atoms with E-state index in [2.05, 4.69) is 10.3 Å². The first-order valence-electron chi connectivity index (χ1n) is 8.19. The van der Waals surface area contributed by atoms with Crippen molar-refractivity contribution in [2.45, 2.75) is 32.2 Å². The van der Waals surface area contributed by atoms with Gasteiger partial charge in [-0.3, -0.25) is 9.78 Å². The molecule has 0 bridgehead atoms. The first-order chi connectivity index (χ1) is 11.9. The maximum atomic E-state index is 12.8. The summed E-state index contributed by atoms with van der Waals surface area (Å²) in [5.41, 5.74) is 1.67. The van der Waals surface area contributed by atoms with Crippen LogP contribution in [0.3, 0.4) is 0 Å². The smallest absolute Gasteiger partial charge is 0.251 e. The third-order valence-corrected chi connectivity index (χ3v) is 6.12. The van der Waals surface area contributed by atoms with Gasteiger partial charge in [0.2, 0.25) is 10.0 Å². The van der Waals surface area contributed by atoms with Crippen LogP contribution in [0, 0.1) is 6.92 Å². The molecule has 0 atom stereocenters. The first kappa shape index (κ1) is 19.1. The van der Waals surface area contributed by atoms with E-state index in [9.17, 15) is 13.2 Å². The highest BCUT2D eigenvalue weighted by Gasteiger charge is 2.24. The highest BCUT2D eigenvalue weighted by Crippen LogP contribution is 2.21. The molecule has 0 aliphatic rings. The number of carbonyl (C=O) groups excluding carboxylic acids is 1. The molecule has 0 aliphatic carbocycles. The van der Waals surface area contributed by atoms with Gasteiger partial charge in [0.05, 0.1) is 17.1 Å². The molecule has 7 heteroatoms. The van der Waals surface area contributed by atoms with Crippen LogP contribution in [0.1, 0.15) is 35.5 Å². The second-order valence-corrected chi connectivity index (χ2v) is 7.48. The normalized spacial score (nSPS) is 11.5. The molecule has 2 rings (SSSR count). The fourth-order valence-corrected chi connectivity index (χ4v) is 4.21. The van der Waals surface area contributed by atoms with Gasteiger partial charge in [0.25, 0.3) is 5.91 Å². The molecular weight excluding hydrogens is 338 g/mol. The molecule has 1 aromatic heterocycles. The Labute approximate surface area is 148 Å². The third kappa shape index (κ3) is 4.43. The lowest BCUT2D eigenvalue weighted by molar-refractivity contribution is 0.0950. The highest BCUT2D eigenvalue weighted by molar-refractivity contribution is 7.89. The number of hydrogen-bond acceptors (Lipinski definition) is 4. The Morgan fingerprint density at radius 1 is 1.16 bits per heavy atom. The van der Waals surface area contributed by atoms with Gasteiger partial charge >= 0.3 is 0 Å². The van der Waals surface area contributed by atoms with Gasteiger partial charge in [-0.05, 0) is 36.8 Å². The molecule has 0 radical (unpaired) electrons. The number of nitrogens with one attached hydrogen (secondary N) is 1. The minimum Gasteiger partial charge on any atom is -0.346 e. The maximum Gasteiger partial charge on any atom is 0.251 e. The highest BCUT2D eigenvalue weighted by atomic mass is 32.2. The van der Waals surface area contributed by atoms with Crippen LogP contribution in [-0.2, 0) is 16.6 Å². The Balaban J connectivity index is 2.24. The molecule has 0 fully saturated rings. The zero-order chi connectivity index (χ0) is 18.4. The molecule has 0 unspecified atom stereocenters.